The Balaban J connectivity index is 1.46. The van der Waals surface area contributed by atoms with Crippen LogP contribution in [0.25, 0.3) is 0 Å². The quantitative estimate of drug-likeness (QED) is 0.551. The lowest BCUT2D eigenvalue weighted by molar-refractivity contribution is -0.173. The second kappa shape index (κ2) is 7.59. The molecule has 0 saturated heterocycles. The van der Waals surface area contributed by atoms with Gasteiger partial charge in [0.2, 0.25) is 6.79 Å². The SMILES string of the molecule is O=C(Nc1cccnc1Cl)c1cc2n(n1)[C@@H](C(F)(F)F)C[C@H](c1ccc3c(c1)OCO3)N2. The lowest BCUT2D eigenvalue weighted by Gasteiger charge is -2.33. The van der Waals surface area contributed by atoms with Crippen molar-refractivity contribution in [1.82, 2.24) is 14.8 Å². The summed E-state index contributed by atoms with van der Waals surface area (Å²) in [5, 5.41) is 9.53. The van der Waals surface area contributed by atoms with Crippen molar-refractivity contribution in [3.63, 3.8) is 0 Å². The fraction of sp³-hybridized carbons (Fsp3) is 0.250. The Hall–Kier alpha value is -3.47. The highest BCUT2D eigenvalue weighted by atomic mass is 35.5. The van der Waals surface area contributed by atoms with Gasteiger partial charge in [-0.25, -0.2) is 9.67 Å². The first-order valence-corrected chi connectivity index (χ1v) is 9.91. The summed E-state index contributed by atoms with van der Waals surface area (Å²) in [7, 11) is 0. The number of carbonyl (C=O) groups is 1. The highest BCUT2D eigenvalue weighted by molar-refractivity contribution is 6.32. The maximum absolute atomic E-state index is 13.9. The van der Waals surface area contributed by atoms with Gasteiger partial charge in [0, 0.05) is 18.7 Å². The van der Waals surface area contributed by atoms with Gasteiger partial charge in [-0.15, -0.1) is 0 Å². The molecule has 2 aromatic heterocycles. The number of halogens is 4. The van der Waals surface area contributed by atoms with Crippen molar-refractivity contribution in [3.8, 4) is 11.5 Å². The Morgan fingerprint density at radius 1 is 1.22 bits per heavy atom. The Morgan fingerprint density at radius 2 is 2.03 bits per heavy atom. The number of alkyl halides is 3. The molecule has 8 nitrogen and oxygen atoms in total. The number of rotatable bonds is 3. The van der Waals surface area contributed by atoms with E-state index in [1.54, 1.807) is 24.3 Å². The Morgan fingerprint density at radius 3 is 2.81 bits per heavy atom. The van der Waals surface area contributed by atoms with Crippen LogP contribution in [-0.4, -0.2) is 33.6 Å². The summed E-state index contributed by atoms with van der Waals surface area (Å²) in [6, 6.07) is 6.76. The van der Waals surface area contributed by atoms with E-state index in [1.807, 2.05) is 0 Å². The Kier molecular flexibility index (Phi) is 4.85. The summed E-state index contributed by atoms with van der Waals surface area (Å²) in [4.78, 5) is 16.5. The zero-order chi connectivity index (χ0) is 22.5. The van der Waals surface area contributed by atoms with E-state index in [-0.39, 0.29) is 35.6 Å². The van der Waals surface area contributed by atoms with Gasteiger partial charge in [-0.05, 0) is 29.8 Å². The molecule has 4 heterocycles. The van der Waals surface area contributed by atoms with Crippen LogP contribution in [0, 0.1) is 0 Å². The lowest BCUT2D eigenvalue weighted by Crippen LogP contribution is -2.35. The summed E-state index contributed by atoms with van der Waals surface area (Å²) < 4.78 is 53.0. The number of amides is 1. The summed E-state index contributed by atoms with van der Waals surface area (Å²) in [6.07, 6.45) is -3.44. The minimum Gasteiger partial charge on any atom is -0.454 e. The number of benzene rings is 1. The zero-order valence-corrected chi connectivity index (χ0v) is 16.9. The summed E-state index contributed by atoms with van der Waals surface area (Å²) >= 11 is 5.94. The number of carbonyl (C=O) groups excluding carboxylic acids is 1. The van der Waals surface area contributed by atoms with Crippen LogP contribution < -0.4 is 20.1 Å². The molecule has 0 saturated carbocycles. The maximum Gasteiger partial charge on any atom is 0.410 e. The van der Waals surface area contributed by atoms with Crippen molar-refractivity contribution >= 4 is 29.0 Å². The topological polar surface area (TPSA) is 90.3 Å². The molecule has 0 aliphatic carbocycles. The van der Waals surface area contributed by atoms with Crippen LogP contribution in [0.3, 0.4) is 0 Å². The van der Waals surface area contributed by atoms with E-state index in [2.05, 4.69) is 20.7 Å². The molecular formula is C20H15ClF3N5O3. The predicted octanol–water partition coefficient (Wildman–Crippen LogP) is 4.57. The highest BCUT2D eigenvalue weighted by Crippen LogP contribution is 2.45. The summed E-state index contributed by atoms with van der Waals surface area (Å²) in [5.74, 6) is 0.378. The molecule has 0 unspecified atom stereocenters. The molecule has 3 aromatic rings. The van der Waals surface area contributed by atoms with Gasteiger partial charge in [-0.3, -0.25) is 4.79 Å². The van der Waals surface area contributed by atoms with E-state index in [1.165, 1.54) is 18.3 Å². The zero-order valence-electron chi connectivity index (χ0n) is 16.2. The summed E-state index contributed by atoms with van der Waals surface area (Å²) in [5.41, 5.74) is 0.640. The van der Waals surface area contributed by atoms with Crippen molar-refractivity contribution < 1.29 is 27.4 Å². The van der Waals surface area contributed by atoms with Crippen molar-refractivity contribution in [1.29, 1.82) is 0 Å². The van der Waals surface area contributed by atoms with Crippen molar-refractivity contribution in [2.45, 2.75) is 24.7 Å². The van der Waals surface area contributed by atoms with Crippen LogP contribution >= 0.6 is 11.6 Å². The van der Waals surface area contributed by atoms with Gasteiger partial charge in [0.1, 0.15) is 5.82 Å². The fourth-order valence-corrected chi connectivity index (χ4v) is 3.87. The molecule has 166 valence electrons. The first-order valence-electron chi connectivity index (χ1n) is 9.54. The number of nitrogens with one attached hydrogen (secondary N) is 2. The van der Waals surface area contributed by atoms with Gasteiger partial charge in [-0.2, -0.15) is 18.3 Å². The van der Waals surface area contributed by atoms with Gasteiger partial charge in [0.05, 0.1) is 11.7 Å². The number of pyridine rings is 1. The molecule has 2 aliphatic rings. The van der Waals surface area contributed by atoms with E-state index >= 15 is 0 Å². The molecule has 12 heteroatoms. The molecular weight excluding hydrogens is 451 g/mol. The average molecular weight is 466 g/mol. The monoisotopic (exact) mass is 465 g/mol. The van der Waals surface area contributed by atoms with Gasteiger partial charge >= 0.3 is 6.18 Å². The lowest BCUT2D eigenvalue weighted by atomic mass is 9.96. The number of ether oxygens (including phenoxy) is 2. The Labute approximate surface area is 184 Å². The van der Waals surface area contributed by atoms with E-state index in [4.69, 9.17) is 21.1 Å². The minimum atomic E-state index is -4.57. The smallest absolute Gasteiger partial charge is 0.410 e. The number of hydrogen-bond donors (Lipinski definition) is 2. The van der Waals surface area contributed by atoms with E-state index in [9.17, 15) is 18.0 Å². The predicted molar refractivity (Wildman–Crippen MR) is 108 cm³/mol. The van der Waals surface area contributed by atoms with Crippen LogP contribution in [0.5, 0.6) is 11.5 Å². The van der Waals surface area contributed by atoms with Crippen molar-refractivity contribution in [2.24, 2.45) is 0 Å². The van der Waals surface area contributed by atoms with Crippen LogP contribution in [0.1, 0.15) is 34.6 Å². The van der Waals surface area contributed by atoms with E-state index in [0.29, 0.717) is 17.1 Å². The third-order valence-corrected chi connectivity index (χ3v) is 5.53. The largest absolute Gasteiger partial charge is 0.454 e. The molecule has 0 bridgehead atoms. The molecule has 2 atom stereocenters. The summed E-state index contributed by atoms with van der Waals surface area (Å²) in [6.45, 7) is 0.0637. The number of fused-ring (bicyclic) bond motifs is 2. The third-order valence-electron chi connectivity index (χ3n) is 5.23. The van der Waals surface area contributed by atoms with Gasteiger partial charge in [0.25, 0.3) is 5.91 Å². The number of hydrogen-bond acceptors (Lipinski definition) is 6. The molecule has 0 radical (unpaired) electrons. The molecule has 2 aliphatic heterocycles. The van der Waals surface area contributed by atoms with Crippen LogP contribution in [0.2, 0.25) is 5.15 Å². The van der Waals surface area contributed by atoms with E-state index in [0.717, 1.165) is 4.68 Å². The highest BCUT2D eigenvalue weighted by Gasteiger charge is 2.47. The fourth-order valence-electron chi connectivity index (χ4n) is 3.70. The van der Waals surface area contributed by atoms with Gasteiger partial charge in [0.15, 0.2) is 28.4 Å². The maximum atomic E-state index is 13.9. The molecule has 1 aromatic carbocycles. The molecule has 0 fully saturated rings. The van der Waals surface area contributed by atoms with Crippen LogP contribution in [0.15, 0.2) is 42.6 Å². The first kappa shape index (κ1) is 20.4. The molecule has 2 N–H and O–H groups in total. The molecule has 0 spiro atoms. The van der Waals surface area contributed by atoms with Gasteiger partial charge < -0.3 is 20.1 Å². The van der Waals surface area contributed by atoms with Crippen molar-refractivity contribution in [3.05, 3.63) is 59.0 Å². The second-order valence-electron chi connectivity index (χ2n) is 7.26. The van der Waals surface area contributed by atoms with Gasteiger partial charge in [-0.1, -0.05) is 17.7 Å². The molecule has 5 rings (SSSR count). The van der Waals surface area contributed by atoms with E-state index < -0.39 is 24.2 Å². The third kappa shape index (κ3) is 3.68. The Bertz CT molecular complexity index is 1200. The second-order valence-corrected chi connectivity index (χ2v) is 7.62. The average Bonchev–Trinajstić information content (AvgIpc) is 3.40. The van der Waals surface area contributed by atoms with Crippen molar-refractivity contribution in [2.75, 3.05) is 17.4 Å². The van der Waals surface area contributed by atoms with Crippen LogP contribution in [-0.2, 0) is 0 Å². The number of nitrogens with zero attached hydrogens (tertiary/aromatic N) is 3. The molecule has 32 heavy (non-hydrogen) atoms. The number of anilines is 2. The number of aromatic nitrogens is 3. The minimum absolute atomic E-state index is 0.0546. The molecule has 1 amide bonds. The first-order chi connectivity index (χ1) is 15.3. The standard InChI is InChI=1S/C20H15ClF3N5O3/c21-18-11(2-1-5-25-18)27-19(30)13-8-17-26-12(7-16(20(22,23)24)29(17)28-13)10-3-4-14-15(6-10)32-9-31-14/h1-6,8,12,16,26H,7,9H2,(H,27,30)/t12-,16-/m1/s1. The normalized spacial score (nSPS) is 19.2. The van der Waals surface area contributed by atoms with Crippen LogP contribution in [0.4, 0.5) is 24.7 Å².